The highest BCUT2D eigenvalue weighted by atomic mass is 35.5. The summed E-state index contributed by atoms with van der Waals surface area (Å²) >= 11 is 5.86. The number of carbonyl (C=O) groups is 2. The zero-order valence-corrected chi connectivity index (χ0v) is 15.0. The van der Waals surface area contributed by atoms with Crippen LogP contribution in [0, 0.1) is 0 Å². The fraction of sp³-hybridized carbons (Fsp3) is 0.412. The summed E-state index contributed by atoms with van der Waals surface area (Å²) in [5, 5.41) is 4.58. The van der Waals surface area contributed by atoms with Gasteiger partial charge in [0.05, 0.1) is 6.54 Å². The molecular formula is C17H20ClN5O3. The van der Waals surface area contributed by atoms with Crippen molar-refractivity contribution in [1.29, 1.82) is 0 Å². The summed E-state index contributed by atoms with van der Waals surface area (Å²) in [7, 11) is 0. The number of aromatic nitrogens is 2. The predicted molar refractivity (Wildman–Crippen MR) is 95.3 cm³/mol. The SMILES string of the molecule is NC(=O)CN1CCN(C(=O)CCc2nc(-c3ccc(Cl)cc3)no2)CC1. The number of amides is 2. The van der Waals surface area contributed by atoms with E-state index >= 15 is 0 Å². The molecule has 2 aromatic rings. The minimum atomic E-state index is -0.349. The molecule has 0 aliphatic carbocycles. The maximum Gasteiger partial charge on any atom is 0.231 e. The monoisotopic (exact) mass is 377 g/mol. The van der Waals surface area contributed by atoms with Gasteiger partial charge in [0.15, 0.2) is 0 Å². The lowest BCUT2D eigenvalue weighted by molar-refractivity contribution is -0.133. The molecule has 0 spiro atoms. The summed E-state index contributed by atoms with van der Waals surface area (Å²) in [4.78, 5) is 31.3. The van der Waals surface area contributed by atoms with Gasteiger partial charge >= 0.3 is 0 Å². The Morgan fingerprint density at radius 1 is 1.15 bits per heavy atom. The van der Waals surface area contributed by atoms with E-state index in [-0.39, 0.29) is 18.4 Å². The number of rotatable bonds is 6. The molecule has 0 atom stereocenters. The van der Waals surface area contributed by atoms with E-state index in [1.807, 2.05) is 17.0 Å². The Morgan fingerprint density at radius 2 is 1.85 bits per heavy atom. The van der Waals surface area contributed by atoms with E-state index < -0.39 is 0 Å². The summed E-state index contributed by atoms with van der Waals surface area (Å²) in [6, 6.07) is 7.14. The van der Waals surface area contributed by atoms with Crippen LogP contribution >= 0.6 is 11.6 Å². The number of carbonyl (C=O) groups excluding carboxylic acids is 2. The molecule has 138 valence electrons. The van der Waals surface area contributed by atoms with Crippen LogP contribution in [0.1, 0.15) is 12.3 Å². The molecule has 1 aliphatic rings. The molecule has 1 fully saturated rings. The van der Waals surface area contributed by atoms with E-state index in [0.29, 0.717) is 55.8 Å². The third-order valence-corrected chi connectivity index (χ3v) is 4.48. The second-order valence-electron chi connectivity index (χ2n) is 6.14. The standard InChI is InChI=1S/C17H20ClN5O3/c18-13-3-1-12(2-4-13)17-20-15(26-21-17)5-6-16(25)23-9-7-22(8-10-23)11-14(19)24/h1-4H,5-11H2,(H2,19,24). The Hall–Kier alpha value is -2.45. The summed E-state index contributed by atoms with van der Waals surface area (Å²) in [5.74, 6) is 0.590. The number of piperazine rings is 1. The van der Waals surface area contributed by atoms with E-state index in [2.05, 4.69) is 10.1 Å². The lowest BCUT2D eigenvalue weighted by Crippen LogP contribution is -2.50. The number of halogens is 1. The van der Waals surface area contributed by atoms with Gasteiger partial charge in [0, 0.05) is 49.6 Å². The molecule has 0 bridgehead atoms. The van der Waals surface area contributed by atoms with Gasteiger partial charge in [-0.25, -0.2) is 0 Å². The molecule has 2 heterocycles. The van der Waals surface area contributed by atoms with Gasteiger partial charge in [-0.3, -0.25) is 14.5 Å². The molecule has 26 heavy (non-hydrogen) atoms. The number of hydrogen-bond donors (Lipinski definition) is 1. The molecule has 0 unspecified atom stereocenters. The first-order valence-electron chi connectivity index (χ1n) is 8.38. The third kappa shape index (κ3) is 4.80. The zero-order chi connectivity index (χ0) is 18.5. The van der Waals surface area contributed by atoms with Crippen molar-refractivity contribution in [2.24, 2.45) is 5.73 Å². The van der Waals surface area contributed by atoms with Gasteiger partial charge in [0.2, 0.25) is 23.5 Å². The van der Waals surface area contributed by atoms with E-state index in [4.69, 9.17) is 21.9 Å². The summed E-state index contributed by atoms with van der Waals surface area (Å²) < 4.78 is 5.22. The van der Waals surface area contributed by atoms with E-state index in [1.54, 1.807) is 17.0 Å². The van der Waals surface area contributed by atoms with Crippen LogP contribution < -0.4 is 5.73 Å². The van der Waals surface area contributed by atoms with E-state index in [9.17, 15) is 9.59 Å². The summed E-state index contributed by atoms with van der Waals surface area (Å²) in [6.07, 6.45) is 0.693. The van der Waals surface area contributed by atoms with Crippen LogP contribution in [0.15, 0.2) is 28.8 Å². The van der Waals surface area contributed by atoms with Crippen molar-refractivity contribution in [2.75, 3.05) is 32.7 Å². The van der Waals surface area contributed by atoms with Crippen LogP contribution in [0.5, 0.6) is 0 Å². The Morgan fingerprint density at radius 3 is 2.50 bits per heavy atom. The van der Waals surface area contributed by atoms with E-state index in [0.717, 1.165) is 5.56 Å². The van der Waals surface area contributed by atoms with Crippen molar-refractivity contribution in [1.82, 2.24) is 19.9 Å². The van der Waals surface area contributed by atoms with Gasteiger partial charge in [0.25, 0.3) is 0 Å². The van der Waals surface area contributed by atoms with Crippen LogP contribution in [-0.4, -0.2) is 64.5 Å². The number of nitrogens with zero attached hydrogens (tertiary/aromatic N) is 4. The smallest absolute Gasteiger partial charge is 0.231 e. The normalized spacial score (nSPS) is 15.2. The predicted octanol–water partition coefficient (Wildman–Crippen LogP) is 0.952. The van der Waals surface area contributed by atoms with Gasteiger partial charge in [-0.1, -0.05) is 16.8 Å². The third-order valence-electron chi connectivity index (χ3n) is 4.23. The quantitative estimate of drug-likeness (QED) is 0.803. The van der Waals surface area contributed by atoms with Crippen LogP contribution in [0.4, 0.5) is 0 Å². The summed E-state index contributed by atoms with van der Waals surface area (Å²) in [6.45, 7) is 2.71. The highest BCUT2D eigenvalue weighted by Crippen LogP contribution is 2.19. The molecule has 0 saturated carbocycles. The van der Waals surface area contributed by atoms with Crippen molar-refractivity contribution in [2.45, 2.75) is 12.8 Å². The van der Waals surface area contributed by atoms with Crippen LogP contribution in [0.25, 0.3) is 11.4 Å². The Kier molecular flexibility index (Phi) is 5.85. The number of nitrogens with two attached hydrogens (primary N) is 1. The van der Waals surface area contributed by atoms with Crippen molar-refractivity contribution in [3.63, 3.8) is 0 Å². The fourth-order valence-electron chi connectivity index (χ4n) is 2.82. The second-order valence-corrected chi connectivity index (χ2v) is 6.58. The fourth-order valence-corrected chi connectivity index (χ4v) is 2.95. The van der Waals surface area contributed by atoms with Crippen molar-refractivity contribution < 1.29 is 14.1 Å². The molecule has 0 radical (unpaired) electrons. The topological polar surface area (TPSA) is 106 Å². The molecule has 2 N–H and O–H groups in total. The van der Waals surface area contributed by atoms with Crippen LogP contribution in [-0.2, 0) is 16.0 Å². The molecule has 1 aromatic heterocycles. The molecule has 8 nitrogen and oxygen atoms in total. The summed E-state index contributed by atoms with van der Waals surface area (Å²) in [5.41, 5.74) is 6.00. The Bertz CT molecular complexity index is 769. The molecule has 9 heteroatoms. The zero-order valence-electron chi connectivity index (χ0n) is 14.2. The van der Waals surface area contributed by atoms with Crippen LogP contribution in [0.3, 0.4) is 0 Å². The molecule has 1 saturated heterocycles. The van der Waals surface area contributed by atoms with E-state index in [1.165, 1.54) is 0 Å². The van der Waals surface area contributed by atoms with Crippen molar-refractivity contribution >= 4 is 23.4 Å². The first-order valence-corrected chi connectivity index (χ1v) is 8.76. The second kappa shape index (κ2) is 8.29. The van der Waals surface area contributed by atoms with Gasteiger partial charge in [0.1, 0.15) is 0 Å². The number of hydrogen-bond acceptors (Lipinski definition) is 6. The first kappa shape index (κ1) is 18.3. The van der Waals surface area contributed by atoms with Crippen LogP contribution in [0.2, 0.25) is 5.02 Å². The highest BCUT2D eigenvalue weighted by Gasteiger charge is 2.22. The average molecular weight is 378 g/mol. The van der Waals surface area contributed by atoms with Gasteiger partial charge in [-0.15, -0.1) is 0 Å². The van der Waals surface area contributed by atoms with Gasteiger partial charge in [-0.2, -0.15) is 4.98 Å². The largest absolute Gasteiger partial charge is 0.369 e. The molecule has 2 amide bonds. The Balaban J connectivity index is 1.48. The lowest BCUT2D eigenvalue weighted by atomic mass is 10.2. The number of primary amides is 1. The van der Waals surface area contributed by atoms with Gasteiger partial charge in [-0.05, 0) is 24.3 Å². The number of aryl methyl sites for hydroxylation is 1. The first-order chi connectivity index (χ1) is 12.5. The number of benzene rings is 1. The average Bonchev–Trinajstić information content (AvgIpc) is 3.09. The minimum Gasteiger partial charge on any atom is -0.369 e. The molecule has 1 aliphatic heterocycles. The highest BCUT2D eigenvalue weighted by molar-refractivity contribution is 6.30. The minimum absolute atomic E-state index is 0.0370. The maximum atomic E-state index is 12.3. The molecule has 3 rings (SSSR count). The Labute approximate surface area is 155 Å². The maximum absolute atomic E-state index is 12.3. The lowest BCUT2D eigenvalue weighted by Gasteiger charge is -2.34. The van der Waals surface area contributed by atoms with Crippen molar-refractivity contribution in [3.05, 3.63) is 35.2 Å². The van der Waals surface area contributed by atoms with Crippen molar-refractivity contribution in [3.8, 4) is 11.4 Å². The molecule has 1 aromatic carbocycles. The molecular weight excluding hydrogens is 358 g/mol. The van der Waals surface area contributed by atoms with Gasteiger partial charge < -0.3 is 15.2 Å².